The number of alkyl halides is 2. The molecule has 1 aliphatic heterocycles. The van der Waals surface area contributed by atoms with Gasteiger partial charge in [0.15, 0.2) is 5.76 Å². The van der Waals surface area contributed by atoms with E-state index in [1.54, 1.807) is 18.2 Å². The maximum atomic E-state index is 13.3. The molecule has 34 heavy (non-hydrogen) atoms. The molecule has 1 aromatic heterocycles. The predicted octanol–water partition coefficient (Wildman–Crippen LogP) is 5.34. The van der Waals surface area contributed by atoms with Crippen molar-refractivity contribution in [2.45, 2.75) is 49.5 Å². The summed E-state index contributed by atoms with van der Waals surface area (Å²) in [4.78, 5) is 1.86. The average Bonchev–Trinajstić information content (AvgIpc) is 3.24. The number of benzene rings is 2. The molecule has 0 unspecified atom stereocenters. The second-order valence-corrected chi connectivity index (χ2v) is 11.1. The molecule has 0 radical (unpaired) electrons. The first-order chi connectivity index (χ1) is 16.1. The van der Waals surface area contributed by atoms with Crippen molar-refractivity contribution in [3.8, 4) is 0 Å². The summed E-state index contributed by atoms with van der Waals surface area (Å²) in [5.74, 6) is 0.566. The zero-order valence-electron chi connectivity index (χ0n) is 18.8. The van der Waals surface area contributed by atoms with Crippen LogP contribution < -0.4 is 9.62 Å². The molecule has 1 N–H and O–H groups in total. The third-order valence-electron chi connectivity index (χ3n) is 6.09. The molecule has 0 saturated carbocycles. The summed E-state index contributed by atoms with van der Waals surface area (Å²) in [6.45, 7) is 4.65. The second-order valence-electron chi connectivity index (χ2n) is 8.91. The van der Waals surface area contributed by atoms with Gasteiger partial charge in [-0.25, -0.2) is 21.9 Å². The summed E-state index contributed by atoms with van der Waals surface area (Å²) in [5, 5.41) is 3.97. The molecule has 0 spiro atoms. The maximum absolute atomic E-state index is 13.3. The van der Waals surface area contributed by atoms with Crippen molar-refractivity contribution in [1.82, 2.24) is 9.88 Å². The Balaban J connectivity index is 1.46. The number of hydrogen-bond donors (Lipinski definition) is 1. The van der Waals surface area contributed by atoms with Gasteiger partial charge in [-0.2, -0.15) is 0 Å². The second kappa shape index (κ2) is 9.64. The van der Waals surface area contributed by atoms with E-state index in [0.29, 0.717) is 24.5 Å². The number of hydrogen-bond acceptors (Lipinski definition) is 5. The van der Waals surface area contributed by atoms with Crippen LogP contribution in [0.4, 0.5) is 14.5 Å². The van der Waals surface area contributed by atoms with Gasteiger partial charge in [0, 0.05) is 36.7 Å². The van der Waals surface area contributed by atoms with E-state index in [9.17, 15) is 17.2 Å². The fourth-order valence-electron chi connectivity index (χ4n) is 4.22. The Morgan fingerprint density at radius 2 is 1.85 bits per heavy atom. The molecular formula is C24H26ClF2N3O3S. The summed E-state index contributed by atoms with van der Waals surface area (Å²) >= 11 is 6.34. The molecule has 0 atom stereocenters. The van der Waals surface area contributed by atoms with Gasteiger partial charge in [0.2, 0.25) is 16.4 Å². The van der Waals surface area contributed by atoms with Crippen LogP contribution in [0.5, 0.6) is 0 Å². The molecule has 182 valence electrons. The van der Waals surface area contributed by atoms with Gasteiger partial charge in [0.05, 0.1) is 17.3 Å². The molecular weight excluding hydrogens is 484 g/mol. The number of aromatic nitrogens is 1. The minimum absolute atomic E-state index is 0.0523. The highest BCUT2D eigenvalue weighted by atomic mass is 35.5. The Morgan fingerprint density at radius 1 is 1.15 bits per heavy atom. The molecule has 2 heterocycles. The molecule has 6 nitrogen and oxygen atoms in total. The normalized spacial score (nSPS) is 15.7. The fourth-order valence-corrected chi connectivity index (χ4v) is 5.75. The Hall–Kier alpha value is -2.49. The zero-order valence-corrected chi connectivity index (χ0v) is 20.4. The number of sulfonamides is 1. The van der Waals surface area contributed by atoms with Gasteiger partial charge in [-0.05, 0) is 29.7 Å². The number of rotatable bonds is 9. The van der Waals surface area contributed by atoms with E-state index in [2.05, 4.69) is 9.88 Å². The van der Waals surface area contributed by atoms with Crippen LogP contribution in [0.3, 0.4) is 0 Å². The lowest BCUT2D eigenvalue weighted by atomic mass is 9.71. The number of halogens is 3. The molecule has 2 aromatic carbocycles. The van der Waals surface area contributed by atoms with Crippen LogP contribution in [0.15, 0.2) is 64.0 Å². The first kappa shape index (κ1) is 24.6. The van der Waals surface area contributed by atoms with Crippen molar-refractivity contribution in [1.29, 1.82) is 0 Å². The maximum Gasteiger partial charge on any atom is 0.242 e. The van der Waals surface area contributed by atoms with Crippen molar-refractivity contribution in [2.75, 3.05) is 18.0 Å². The average molecular weight is 510 g/mol. The van der Waals surface area contributed by atoms with E-state index in [1.807, 2.05) is 49.1 Å². The van der Waals surface area contributed by atoms with Gasteiger partial charge >= 0.3 is 0 Å². The van der Waals surface area contributed by atoms with Crippen molar-refractivity contribution < 1.29 is 21.7 Å². The molecule has 1 aliphatic rings. The van der Waals surface area contributed by atoms with Crippen molar-refractivity contribution >= 4 is 27.3 Å². The van der Waals surface area contributed by atoms with Crippen LogP contribution in [-0.2, 0) is 22.0 Å². The van der Waals surface area contributed by atoms with Crippen LogP contribution in [0.1, 0.15) is 43.2 Å². The van der Waals surface area contributed by atoms with Crippen molar-refractivity contribution in [3.63, 3.8) is 0 Å². The molecule has 0 bridgehead atoms. The van der Waals surface area contributed by atoms with E-state index in [0.717, 1.165) is 11.3 Å². The highest BCUT2D eigenvalue weighted by Crippen LogP contribution is 2.42. The lowest BCUT2D eigenvalue weighted by Gasteiger charge is -2.52. The first-order valence-corrected chi connectivity index (χ1v) is 12.8. The highest BCUT2D eigenvalue weighted by molar-refractivity contribution is 7.89. The van der Waals surface area contributed by atoms with Gasteiger partial charge in [0.1, 0.15) is 4.90 Å². The molecule has 0 amide bonds. The molecule has 0 aliphatic carbocycles. The van der Waals surface area contributed by atoms with E-state index in [1.165, 1.54) is 6.07 Å². The van der Waals surface area contributed by atoms with Crippen molar-refractivity contribution in [3.05, 3.63) is 76.6 Å². The van der Waals surface area contributed by atoms with Crippen LogP contribution in [0.25, 0.3) is 0 Å². The Kier molecular flexibility index (Phi) is 6.98. The minimum Gasteiger partial charge on any atom is -0.370 e. The summed E-state index contributed by atoms with van der Waals surface area (Å²) in [6.07, 6.45) is -2.66. The molecule has 1 fully saturated rings. The fraction of sp³-hybridized carbons (Fsp3) is 0.375. The van der Waals surface area contributed by atoms with E-state index in [4.69, 9.17) is 16.1 Å². The van der Waals surface area contributed by atoms with Crippen LogP contribution >= 0.6 is 11.6 Å². The Labute approximate surface area is 202 Å². The van der Waals surface area contributed by atoms with Gasteiger partial charge in [0.25, 0.3) is 0 Å². The summed E-state index contributed by atoms with van der Waals surface area (Å²) in [5.41, 5.74) is 1.64. The quantitative estimate of drug-likeness (QED) is 0.421. The third kappa shape index (κ3) is 5.11. The van der Waals surface area contributed by atoms with Gasteiger partial charge in [-0.1, -0.05) is 60.9 Å². The summed E-state index contributed by atoms with van der Waals surface area (Å²) in [7, 11) is -3.90. The van der Waals surface area contributed by atoms with E-state index in [-0.39, 0.29) is 28.8 Å². The van der Waals surface area contributed by atoms with Crippen LogP contribution in [0, 0.1) is 0 Å². The smallest absolute Gasteiger partial charge is 0.242 e. The van der Waals surface area contributed by atoms with Crippen LogP contribution in [0.2, 0.25) is 5.02 Å². The molecule has 10 heteroatoms. The largest absolute Gasteiger partial charge is 0.370 e. The van der Waals surface area contributed by atoms with E-state index < -0.39 is 21.9 Å². The monoisotopic (exact) mass is 509 g/mol. The summed E-state index contributed by atoms with van der Waals surface area (Å²) in [6, 6.07) is 15.6. The molecule has 1 saturated heterocycles. The standard InChI is InChI=1S/C24H26ClF2N3O3S/c1-16(2)21-11-19(33-29-21)13-28-34(31,32)22-9-8-18(10-20(22)25)30-14-24(15-30,12-23(26)27)17-6-4-3-5-7-17/h3-11,16,23,28H,12-15H2,1-2H3. The third-order valence-corrected chi connectivity index (χ3v) is 7.98. The lowest BCUT2D eigenvalue weighted by molar-refractivity contribution is 0.0911. The number of anilines is 1. The van der Waals surface area contributed by atoms with Crippen molar-refractivity contribution in [2.24, 2.45) is 0 Å². The molecule has 4 rings (SSSR count). The SMILES string of the molecule is CC(C)c1cc(CNS(=O)(=O)c2ccc(N3CC(CC(F)F)(c4ccccc4)C3)cc2Cl)on1. The predicted molar refractivity (Wildman–Crippen MR) is 127 cm³/mol. The first-order valence-electron chi connectivity index (χ1n) is 10.9. The Bertz CT molecular complexity index is 1240. The lowest BCUT2D eigenvalue weighted by Crippen LogP contribution is -2.60. The van der Waals surface area contributed by atoms with Gasteiger partial charge in [-0.3, -0.25) is 0 Å². The minimum atomic E-state index is -3.90. The van der Waals surface area contributed by atoms with Gasteiger partial charge in [-0.15, -0.1) is 0 Å². The topological polar surface area (TPSA) is 75.4 Å². The summed E-state index contributed by atoms with van der Waals surface area (Å²) < 4.78 is 59.9. The Morgan fingerprint density at radius 3 is 2.44 bits per heavy atom. The number of nitrogens with zero attached hydrogens (tertiary/aromatic N) is 2. The zero-order chi connectivity index (χ0) is 24.5. The van der Waals surface area contributed by atoms with Gasteiger partial charge < -0.3 is 9.42 Å². The van der Waals surface area contributed by atoms with Crippen LogP contribution in [-0.4, -0.2) is 33.1 Å². The highest BCUT2D eigenvalue weighted by Gasteiger charge is 2.46. The molecule has 3 aromatic rings. The number of nitrogens with one attached hydrogen (secondary N) is 1. The van der Waals surface area contributed by atoms with E-state index >= 15 is 0 Å².